The number of hydrogen-bond donors (Lipinski definition) is 0. The zero-order valence-corrected chi connectivity index (χ0v) is 14.2. The molecule has 0 saturated carbocycles. The highest BCUT2D eigenvalue weighted by Crippen LogP contribution is 2.25. The Morgan fingerprint density at radius 3 is 2.75 bits per heavy atom. The smallest absolute Gasteiger partial charge is 0.247 e. The first kappa shape index (κ1) is 16.9. The van der Waals surface area contributed by atoms with E-state index in [2.05, 4.69) is 0 Å². The number of amides is 2. The normalized spacial score (nSPS) is 14.2. The molecule has 0 spiro atoms. The molecule has 0 bridgehead atoms. The van der Waals surface area contributed by atoms with E-state index in [0.29, 0.717) is 11.6 Å². The SMILES string of the molecule is O=C1CSCN1CC(=O)N(Cc1cccs1)c1ccc(F)cc1F. The fourth-order valence-electron chi connectivity index (χ4n) is 2.36. The Morgan fingerprint density at radius 1 is 1.29 bits per heavy atom. The predicted molar refractivity (Wildman–Crippen MR) is 90.9 cm³/mol. The van der Waals surface area contributed by atoms with Crippen LogP contribution in [-0.4, -0.2) is 34.9 Å². The Bertz CT molecular complexity index is 753. The molecule has 1 fully saturated rings. The Labute approximate surface area is 146 Å². The molecule has 0 atom stereocenters. The minimum absolute atomic E-state index is 0.00842. The van der Waals surface area contributed by atoms with Gasteiger partial charge >= 0.3 is 0 Å². The van der Waals surface area contributed by atoms with Gasteiger partial charge in [0.15, 0.2) is 0 Å². The number of carbonyl (C=O) groups is 2. The number of thioether (sulfide) groups is 1. The van der Waals surface area contributed by atoms with Gasteiger partial charge in [-0.05, 0) is 23.6 Å². The van der Waals surface area contributed by atoms with Crippen molar-refractivity contribution in [3.63, 3.8) is 0 Å². The van der Waals surface area contributed by atoms with E-state index in [1.165, 1.54) is 39.0 Å². The molecule has 8 heteroatoms. The third kappa shape index (κ3) is 3.76. The van der Waals surface area contributed by atoms with E-state index >= 15 is 0 Å². The lowest BCUT2D eigenvalue weighted by Crippen LogP contribution is -2.41. The number of anilines is 1. The molecular weight excluding hydrogens is 354 g/mol. The summed E-state index contributed by atoms with van der Waals surface area (Å²) in [6.07, 6.45) is 0. The summed E-state index contributed by atoms with van der Waals surface area (Å²) in [5.41, 5.74) is 0.00842. The van der Waals surface area contributed by atoms with E-state index in [9.17, 15) is 18.4 Å². The Hall–Kier alpha value is -1.93. The van der Waals surface area contributed by atoms with E-state index in [-0.39, 0.29) is 24.7 Å². The highest BCUT2D eigenvalue weighted by Gasteiger charge is 2.27. The summed E-state index contributed by atoms with van der Waals surface area (Å²) in [6.45, 7) is 0.0578. The number of nitrogens with zero attached hydrogens (tertiary/aromatic N) is 2. The molecule has 3 rings (SSSR count). The van der Waals surface area contributed by atoms with Crippen LogP contribution in [0.3, 0.4) is 0 Å². The molecule has 0 N–H and O–H groups in total. The molecule has 1 aliphatic rings. The van der Waals surface area contributed by atoms with E-state index < -0.39 is 17.5 Å². The van der Waals surface area contributed by atoms with Crippen LogP contribution in [0, 0.1) is 11.6 Å². The van der Waals surface area contributed by atoms with Crippen molar-refractivity contribution in [2.75, 3.05) is 23.1 Å². The minimum atomic E-state index is -0.804. The second-order valence-corrected chi connectivity index (χ2v) is 7.21. The van der Waals surface area contributed by atoms with E-state index in [1.807, 2.05) is 17.5 Å². The van der Waals surface area contributed by atoms with Crippen molar-refractivity contribution in [1.82, 2.24) is 4.90 Å². The van der Waals surface area contributed by atoms with Gasteiger partial charge in [-0.1, -0.05) is 6.07 Å². The number of hydrogen-bond acceptors (Lipinski definition) is 4. The quantitative estimate of drug-likeness (QED) is 0.814. The number of benzene rings is 1. The standard InChI is InChI=1S/C16H14F2N2O2S2/c17-11-3-4-14(13(18)6-11)20(7-12-2-1-5-24-12)15(21)8-19-10-23-9-16(19)22/h1-6H,7-10H2. The summed E-state index contributed by atoms with van der Waals surface area (Å²) >= 11 is 2.87. The lowest BCUT2D eigenvalue weighted by molar-refractivity contribution is -0.131. The van der Waals surface area contributed by atoms with Crippen LogP contribution in [-0.2, 0) is 16.1 Å². The summed E-state index contributed by atoms with van der Waals surface area (Å²) in [6, 6.07) is 6.79. The van der Waals surface area contributed by atoms with Gasteiger partial charge in [0, 0.05) is 10.9 Å². The average Bonchev–Trinajstić information content (AvgIpc) is 3.18. The van der Waals surface area contributed by atoms with Crippen LogP contribution in [0.5, 0.6) is 0 Å². The minimum Gasteiger partial charge on any atom is -0.323 e. The number of thiophene rings is 1. The predicted octanol–water partition coefficient (Wildman–Crippen LogP) is 3.09. The van der Waals surface area contributed by atoms with Crippen LogP contribution in [0.4, 0.5) is 14.5 Å². The van der Waals surface area contributed by atoms with Crippen LogP contribution >= 0.6 is 23.1 Å². The van der Waals surface area contributed by atoms with Gasteiger partial charge in [0.1, 0.15) is 18.2 Å². The second kappa shape index (κ2) is 7.31. The molecule has 1 aliphatic heterocycles. The highest BCUT2D eigenvalue weighted by molar-refractivity contribution is 8.00. The van der Waals surface area contributed by atoms with E-state index in [1.54, 1.807) is 0 Å². The molecule has 2 amide bonds. The van der Waals surface area contributed by atoms with Gasteiger partial charge in [-0.15, -0.1) is 23.1 Å². The van der Waals surface area contributed by atoms with Crippen LogP contribution in [0.1, 0.15) is 4.88 Å². The molecular formula is C16H14F2N2O2S2. The van der Waals surface area contributed by atoms with Gasteiger partial charge in [-0.2, -0.15) is 0 Å². The monoisotopic (exact) mass is 368 g/mol. The maximum absolute atomic E-state index is 14.2. The topological polar surface area (TPSA) is 40.6 Å². The number of rotatable bonds is 5. The van der Waals surface area contributed by atoms with Crippen LogP contribution in [0.2, 0.25) is 0 Å². The van der Waals surface area contributed by atoms with Gasteiger partial charge in [0.2, 0.25) is 11.8 Å². The third-order valence-electron chi connectivity index (χ3n) is 3.55. The molecule has 0 aliphatic carbocycles. The molecule has 0 radical (unpaired) electrons. The molecule has 2 aromatic rings. The second-order valence-electron chi connectivity index (χ2n) is 5.22. The summed E-state index contributed by atoms with van der Waals surface area (Å²) < 4.78 is 27.3. The van der Waals surface area contributed by atoms with Crippen molar-refractivity contribution >= 4 is 40.6 Å². The third-order valence-corrected chi connectivity index (χ3v) is 5.35. The first-order valence-electron chi connectivity index (χ1n) is 7.18. The number of carbonyl (C=O) groups excluding carboxylic acids is 2. The molecule has 24 heavy (non-hydrogen) atoms. The summed E-state index contributed by atoms with van der Waals surface area (Å²) in [7, 11) is 0. The molecule has 1 saturated heterocycles. The Kier molecular flexibility index (Phi) is 5.15. The van der Waals surface area contributed by atoms with Crippen molar-refractivity contribution < 1.29 is 18.4 Å². The fraction of sp³-hybridized carbons (Fsp3) is 0.250. The molecule has 4 nitrogen and oxygen atoms in total. The number of halogens is 2. The zero-order chi connectivity index (χ0) is 17.1. The first-order chi connectivity index (χ1) is 11.5. The van der Waals surface area contributed by atoms with Crippen LogP contribution in [0.25, 0.3) is 0 Å². The van der Waals surface area contributed by atoms with Crippen molar-refractivity contribution in [2.24, 2.45) is 0 Å². The van der Waals surface area contributed by atoms with Crippen molar-refractivity contribution in [3.05, 3.63) is 52.2 Å². The van der Waals surface area contributed by atoms with Gasteiger partial charge in [0.05, 0.1) is 23.9 Å². The lowest BCUT2D eigenvalue weighted by Gasteiger charge is -2.25. The largest absolute Gasteiger partial charge is 0.323 e. The van der Waals surface area contributed by atoms with Crippen molar-refractivity contribution in [2.45, 2.75) is 6.54 Å². The molecule has 0 unspecified atom stereocenters. The van der Waals surface area contributed by atoms with Crippen LogP contribution < -0.4 is 4.90 Å². The molecule has 126 valence electrons. The fourth-order valence-corrected chi connectivity index (χ4v) is 3.95. The van der Waals surface area contributed by atoms with Gasteiger partial charge in [0.25, 0.3) is 0 Å². The summed E-state index contributed by atoms with van der Waals surface area (Å²) in [5, 5.41) is 1.86. The summed E-state index contributed by atoms with van der Waals surface area (Å²) in [4.78, 5) is 28.0. The van der Waals surface area contributed by atoms with Gasteiger partial charge in [-0.3, -0.25) is 9.59 Å². The lowest BCUT2D eigenvalue weighted by atomic mass is 10.2. The zero-order valence-electron chi connectivity index (χ0n) is 12.6. The van der Waals surface area contributed by atoms with Gasteiger partial charge < -0.3 is 9.80 Å². The maximum Gasteiger partial charge on any atom is 0.247 e. The van der Waals surface area contributed by atoms with Crippen LogP contribution in [0.15, 0.2) is 35.7 Å². The molecule has 2 heterocycles. The Morgan fingerprint density at radius 2 is 2.12 bits per heavy atom. The van der Waals surface area contributed by atoms with Gasteiger partial charge in [-0.25, -0.2) is 8.78 Å². The van der Waals surface area contributed by atoms with Crippen molar-refractivity contribution in [3.8, 4) is 0 Å². The molecule has 1 aromatic carbocycles. The summed E-state index contributed by atoms with van der Waals surface area (Å²) in [5.74, 6) is -1.21. The van der Waals surface area contributed by atoms with E-state index in [4.69, 9.17) is 0 Å². The van der Waals surface area contributed by atoms with Crippen molar-refractivity contribution in [1.29, 1.82) is 0 Å². The van der Waals surface area contributed by atoms with E-state index in [0.717, 1.165) is 17.0 Å². The molecule has 1 aromatic heterocycles. The average molecular weight is 368 g/mol. The highest BCUT2D eigenvalue weighted by atomic mass is 32.2. The first-order valence-corrected chi connectivity index (χ1v) is 9.21. The Balaban J connectivity index is 1.86. The maximum atomic E-state index is 14.2.